The highest BCUT2D eigenvalue weighted by Gasteiger charge is 2.31. The third kappa shape index (κ3) is 2.22. The quantitative estimate of drug-likeness (QED) is 0.679. The van der Waals surface area contributed by atoms with Crippen LogP contribution in [0, 0.1) is 0 Å². The molecule has 2 nitrogen and oxygen atoms in total. The molecule has 0 spiro atoms. The molecule has 106 valence electrons. The molecule has 1 aromatic carbocycles. The largest absolute Gasteiger partial charge is 0.367 e. The Kier molecular flexibility index (Phi) is 3.97. The molecule has 2 aliphatic rings. The molecular formula is C17H21BrN2. The van der Waals surface area contributed by atoms with E-state index in [-0.39, 0.29) is 0 Å². The van der Waals surface area contributed by atoms with Crippen molar-refractivity contribution in [3.8, 4) is 0 Å². The molecule has 3 heteroatoms. The van der Waals surface area contributed by atoms with Crippen LogP contribution in [0.25, 0.3) is 10.9 Å². The number of pyridine rings is 1. The number of fused-ring (bicyclic) bond motifs is 5. The summed E-state index contributed by atoms with van der Waals surface area (Å²) >= 11 is 3.58. The zero-order chi connectivity index (χ0) is 14.1. The summed E-state index contributed by atoms with van der Waals surface area (Å²) in [6.07, 6.45) is 7.28. The van der Waals surface area contributed by atoms with Gasteiger partial charge in [0.2, 0.25) is 0 Å². The number of rotatable bonds is 0. The van der Waals surface area contributed by atoms with Crippen LogP contribution in [0.1, 0.15) is 38.7 Å². The Bertz CT molecular complexity index is 624. The average molecular weight is 333 g/mol. The van der Waals surface area contributed by atoms with Gasteiger partial charge in [-0.3, -0.25) is 4.98 Å². The fourth-order valence-electron chi connectivity index (χ4n) is 3.48. The van der Waals surface area contributed by atoms with Gasteiger partial charge in [-0.25, -0.2) is 0 Å². The highest BCUT2D eigenvalue weighted by atomic mass is 79.9. The van der Waals surface area contributed by atoms with Crippen LogP contribution in [-0.4, -0.2) is 17.6 Å². The first-order valence-electron chi connectivity index (χ1n) is 7.67. The van der Waals surface area contributed by atoms with Crippen LogP contribution in [0.3, 0.4) is 0 Å². The molecule has 1 saturated heterocycles. The van der Waals surface area contributed by atoms with Crippen LogP contribution in [-0.2, 0) is 6.42 Å². The first kappa shape index (κ1) is 13.9. The number of benzene rings is 1. The summed E-state index contributed by atoms with van der Waals surface area (Å²) in [5, 5.41) is 1.33. The number of nitrogens with zero attached hydrogens (tertiary/aromatic N) is 2. The van der Waals surface area contributed by atoms with Gasteiger partial charge in [-0.05, 0) is 49.4 Å². The monoisotopic (exact) mass is 332 g/mol. The minimum Gasteiger partial charge on any atom is -0.367 e. The number of aryl methyl sites for hydroxylation is 1. The van der Waals surface area contributed by atoms with E-state index in [0.29, 0.717) is 0 Å². The van der Waals surface area contributed by atoms with Crippen molar-refractivity contribution < 1.29 is 0 Å². The maximum atomic E-state index is 4.63. The standard InChI is InChI=1S/C15H15BrN2.C2H6/c16-10-3-6-14-13(8-10)12-5-4-11-2-1-7-18(11)15(12)9-17-14;1-2/h3,6,8-9,11H,1-2,4-5,7H2;1-2H3. The van der Waals surface area contributed by atoms with Gasteiger partial charge in [0.05, 0.1) is 17.4 Å². The minimum atomic E-state index is 0.768. The smallest absolute Gasteiger partial charge is 0.0707 e. The van der Waals surface area contributed by atoms with Crippen molar-refractivity contribution in [2.24, 2.45) is 0 Å². The summed E-state index contributed by atoms with van der Waals surface area (Å²) in [7, 11) is 0. The summed E-state index contributed by atoms with van der Waals surface area (Å²) in [6, 6.07) is 7.17. The summed E-state index contributed by atoms with van der Waals surface area (Å²) < 4.78 is 1.15. The Hall–Kier alpha value is -1.09. The van der Waals surface area contributed by atoms with E-state index in [4.69, 9.17) is 0 Å². The lowest BCUT2D eigenvalue weighted by Crippen LogP contribution is -2.34. The van der Waals surface area contributed by atoms with Gasteiger partial charge in [-0.1, -0.05) is 29.8 Å². The zero-order valence-electron chi connectivity index (χ0n) is 12.2. The number of anilines is 1. The Morgan fingerprint density at radius 2 is 2.10 bits per heavy atom. The summed E-state index contributed by atoms with van der Waals surface area (Å²) in [4.78, 5) is 7.21. The van der Waals surface area contributed by atoms with E-state index in [2.05, 4.69) is 50.2 Å². The first-order chi connectivity index (χ1) is 9.83. The maximum absolute atomic E-state index is 4.63. The van der Waals surface area contributed by atoms with Crippen LogP contribution < -0.4 is 4.90 Å². The van der Waals surface area contributed by atoms with Crippen LogP contribution in [0.2, 0.25) is 0 Å². The molecule has 0 N–H and O–H groups in total. The summed E-state index contributed by atoms with van der Waals surface area (Å²) in [5.74, 6) is 0. The van der Waals surface area contributed by atoms with Crippen molar-refractivity contribution in [3.63, 3.8) is 0 Å². The molecule has 3 heterocycles. The predicted octanol–water partition coefficient (Wildman–Crippen LogP) is 4.94. The molecule has 0 amide bonds. The van der Waals surface area contributed by atoms with Crippen molar-refractivity contribution in [3.05, 3.63) is 34.4 Å². The molecule has 0 aliphatic carbocycles. The van der Waals surface area contributed by atoms with Crippen LogP contribution in [0.4, 0.5) is 5.69 Å². The lowest BCUT2D eigenvalue weighted by atomic mass is 9.94. The van der Waals surface area contributed by atoms with Gasteiger partial charge in [0.15, 0.2) is 0 Å². The maximum Gasteiger partial charge on any atom is 0.0707 e. The second-order valence-electron chi connectivity index (χ2n) is 5.31. The third-order valence-electron chi connectivity index (χ3n) is 4.33. The number of hydrogen-bond donors (Lipinski definition) is 0. The summed E-state index contributed by atoms with van der Waals surface area (Å²) in [5.41, 5.74) is 4.00. The van der Waals surface area contributed by atoms with Gasteiger partial charge < -0.3 is 4.90 Å². The van der Waals surface area contributed by atoms with Gasteiger partial charge in [0.25, 0.3) is 0 Å². The van der Waals surface area contributed by atoms with Crippen molar-refractivity contribution in [2.75, 3.05) is 11.4 Å². The Morgan fingerprint density at radius 1 is 1.25 bits per heavy atom. The minimum absolute atomic E-state index is 0.768. The second-order valence-corrected chi connectivity index (χ2v) is 6.23. The molecule has 1 atom stereocenters. The number of halogens is 1. The third-order valence-corrected chi connectivity index (χ3v) is 4.83. The molecule has 20 heavy (non-hydrogen) atoms. The number of aromatic nitrogens is 1. The molecule has 0 saturated carbocycles. The molecule has 4 rings (SSSR count). The molecule has 1 unspecified atom stereocenters. The van der Waals surface area contributed by atoms with Crippen LogP contribution in [0.15, 0.2) is 28.9 Å². The predicted molar refractivity (Wildman–Crippen MR) is 89.5 cm³/mol. The highest BCUT2D eigenvalue weighted by molar-refractivity contribution is 9.10. The molecule has 0 bridgehead atoms. The Labute approximate surface area is 129 Å². The summed E-state index contributed by atoms with van der Waals surface area (Å²) in [6.45, 7) is 5.21. The van der Waals surface area contributed by atoms with Gasteiger partial charge in [0.1, 0.15) is 0 Å². The van der Waals surface area contributed by atoms with Gasteiger partial charge in [-0.2, -0.15) is 0 Å². The van der Waals surface area contributed by atoms with Crippen molar-refractivity contribution in [1.82, 2.24) is 4.98 Å². The van der Waals surface area contributed by atoms with Crippen molar-refractivity contribution in [2.45, 2.75) is 45.6 Å². The van der Waals surface area contributed by atoms with Gasteiger partial charge in [-0.15, -0.1) is 0 Å². The van der Waals surface area contributed by atoms with Crippen molar-refractivity contribution in [1.29, 1.82) is 0 Å². The van der Waals surface area contributed by atoms with Crippen molar-refractivity contribution >= 4 is 32.5 Å². The lowest BCUT2D eigenvalue weighted by Gasteiger charge is -2.33. The molecular weight excluding hydrogens is 312 g/mol. The molecule has 1 aromatic heterocycles. The van der Waals surface area contributed by atoms with E-state index in [1.165, 1.54) is 48.9 Å². The van der Waals surface area contributed by atoms with Gasteiger partial charge in [0, 0.05) is 22.4 Å². The van der Waals surface area contributed by atoms with E-state index in [1.807, 2.05) is 13.8 Å². The first-order valence-corrected chi connectivity index (χ1v) is 8.46. The van der Waals surface area contributed by atoms with E-state index in [1.54, 1.807) is 0 Å². The SMILES string of the molecule is Brc1ccc2ncc3c(c2c1)CCC1CCCN31.CC. The average Bonchev–Trinajstić information content (AvgIpc) is 2.97. The van der Waals surface area contributed by atoms with E-state index >= 15 is 0 Å². The van der Waals surface area contributed by atoms with E-state index in [0.717, 1.165) is 16.0 Å². The highest BCUT2D eigenvalue weighted by Crippen LogP contribution is 2.39. The number of hydrogen-bond acceptors (Lipinski definition) is 2. The van der Waals surface area contributed by atoms with E-state index < -0.39 is 0 Å². The van der Waals surface area contributed by atoms with Gasteiger partial charge >= 0.3 is 0 Å². The zero-order valence-corrected chi connectivity index (χ0v) is 13.8. The van der Waals surface area contributed by atoms with E-state index in [9.17, 15) is 0 Å². The molecule has 0 radical (unpaired) electrons. The molecule has 2 aromatic rings. The van der Waals surface area contributed by atoms with Crippen LogP contribution >= 0.6 is 15.9 Å². The van der Waals surface area contributed by atoms with Crippen LogP contribution in [0.5, 0.6) is 0 Å². The molecule has 2 aliphatic heterocycles. The fraction of sp³-hybridized carbons (Fsp3) is 0.471. The Balaban J connectivity index is 0.000000581. The normalized spacial score (nSPS) is 20.1. The Morgan fingerprint density at radius 3 is 2.95 bits per heavy atom. The fourth-order valence-corrected chi connectivity index (χ4v) is 3.84. The topological polar surface area (TPSA) is 16.1 Å². The lowest BCUT2D eigenvalue weighted by molar-refractivity contribution is 0.587. The molecule has 1 fully saturated rings. The second kappa shape index (κ2) is 5.72.